The zero-order chi connectivity index (χ0) is 21.1. The second kappa shape index (κ2) is 8.29. The van der Waals surface area contributed by atoms with Gasteiger partial charge in [-0.3, -0.25) is 5.41 Å². The number of nitrogens with one attached hydrogen (secondary N) is 2. The molecule has 0 atom stereocenters. The van der Waals surface area contributed by atoms with Crippen LogP contribution in [0.5, 0.6) is 5.75 Å². The average molecular weight is 400 g/mol. The van der Waals surface area contributed by atoms with E-state index in [0.29, 0.717) is 17.4 Å². The lowest BCUT2D eigenvalue weighted by atomic mass is 9.92. The molecule has 3 aromatic rings. The fourth-order valence-corrected chi connectivity index (χ4v) is 3.87. The van der Waals surface area contributed by atoms with E-state index in [1.807, 2.05) is 37.4 Å². The van der Waals surface area contributed by atoms with Crippen LogP contribution in [0, 0.1) is 16.7 Å². The molecule has 0 aliphatic heterocycles. The Morgan fingerprint density at radius 3 is 2.70 bits per heavy atom. The number of nitrogens with two attached hydrogens (primary N) is 1. The molecule has 152 valence electrons. The van der Waals surface area contributed by atoms with Crippen LogP contribution < -0.4 is 15.8 Å². The van der Waals surface area contributed by atoms with Crippen molar-refractivity contribution < 1.29 is 4.74 Å². The molecule has 2 aromatic carbocycles. The van der Waals surface area contributed by atoms with E-state index in [1.165, 1.54) is 6.42 Å². The Morgan fingerprint density at radius 1 is 1.33 bits per heavy atom. The maximum atomic E-state index is 10.0. The summed E-state index contributed by atoms with van der Waals surface area (Å²) in [7, 11) is 1.89. The number of aromatic nitrogens is 1. The number of anilines is 1. The van der Waals surface area contributed by atoms with Gasteiger partial charge in [-0.05, 0) is 49.1 Å². The van der Waals surface area contributed by atoms with Crippen molar-refractivity contribution in [2.45, 2.75) is 25.3 Å². The summed E-state index contributed by atoms with van der Waals surface area (Å²) >= 11 is 0. The van der Waals surface area contributed by atoms with Gasteiger partial charge in [0.15, 0.2) is 0 Å². The molecule has 0 unspecified atom stereocenters. The molecule has 4 N–H and O–H groups in total. The largest absolute Gasteiger partial charge is 0.486 e. The van der Waals surface area contributed by atoms with Gasteiger partial charge in [0.1, 0.15) is 30.6 Å². The topological polar surface area (TPSA) is 112 Å². The van der Waals surface area contributed by atoms with Crippen molar-refractivity contribution in [2.24, 2.45) is 10.7 Å². The van der Waals surface area contributed by atoms with Crippen molar-refractivity contribution in [3.8, 4) is 23.1 Å². The summed E-state index contributed by atoms with van der Waals surface area (Å²) < 4.78 is 8.07. The number of rotatable bonds is 7. The van der Waals surface area contributed by atoms with Gasteiger partial charge in [-0.1, -0.05) is 12.1 Å². The minimum atomic E-state index is 0.106. The summed E-state index contributed by atoms with van der Waals surface area (Å²) in [6.45, 7) is 0.106. The van der Waals surface area contributed by atoms with Gasteiger partial charge in [-0.15, -0.1) is 0 Å². The van der Waals surface area contributed by atoms with Crippen LogP contribution >= 0.6 is 0 Å². The van der Waals surface area contributed by atoms with Crippen molar-refractivity contribution >= 4 is 28.8 Å². The van der Waals surface area contributed by atoms with Gasteiger partial charge in [0, 0.05) is 30.2 Å². The molecule has 0 saturated heterocycles. The van der Waals surface area contributed by atoms with Gasteiger partial charge in [0.25, 0.3) is 0 Å². The van der Waals surface area contributed by atoms with E-state index in [0.717, 1.165) is 47.0 Å². The number of benzene rings is 2. The highest BCUT2D eigenvalue weighted by Crippen LogP contribution is 2.43. The first-order valence-corrected chi connectivity index (χ1v) is 9.96. The Balaban J connectivity index is 1.84. The Kier molecular flexibility index (Phi) is 5.40. The number of hydrogen-bond acceptors (Lipinski definition) is 4. The molecule has 7 heteroatoms. The number of amidine groups is 1. The van der Waals surface area contributed by atoms with Crippen LogP contribution in [0.1, 0.15) is 30.9 Å². The van der Waals surface area contributed by atoms with Gasteiger partial charge in [0.05, 0.1) is 16.8 Å². The molecule has 4 rings (SSSR count). The van der Waals surface area contributed by atoms with Crippen molar-refractivity contribution in [2.75, 3.05) is 19.0 Å². The molecule has 0 bridgehead atoms. The van der Waals surface area contributed by atoms with Gasteiger partial charge in [-0.25, -0.2) is 4.99 Å². The number of aliphatic imine (C=N–C) groups is 1. The van der Waals surface area contributed by atoms with Crippen LogP contribution in [0.15, 0.2) is 47.5 Å². The lowest BCUT2D eigenvalue weighted by molar-refractivity contribution is 0.323. The van der Waals surface area contributed by atoms with Gasteiger partial charge in [0.2, 0.25) is 0 Å². The third-order valence-electron chi connectivity index (χ3n) is 5.59. The normalized spacial score (nSPS) is 14.2. The van der Waals surface area contributed by atoms with Gasteiger partial charge < -0.3 is 20.4 Å². The molecular formula is C23H24N6O. The number of ether oxygens (including phenoxy) is 1. The average Bonchev–Trinajstić information content (AvgIpc) is 3.04. The fraction of sp³-hybridized carbons (Fsp3) is 0.261. The Hall–Kier alpha value is -3.79. The summed E-state index contributed by atoms with van der Waals surface area (Å²) in [5.41, 5.74) is 10.4. The van der Waals surface area contributed by atoms with E-state index in [9.17, 15) is 5.26 Å². The number of nitrogens with zero attached hydrogens (tertiary/aromatic N) is 3. The SMILES string of the molecule is CNc1ccc(-c2c(C#N)c3ccc(OCC(N)=NC=N)cc3n2C2CCC2)cc1. The minimum Gasteiger partial charge on any atom is -0.486 e. The molecule has 0 amide bonds. The van der Waals surface area contributed by atoms with E-state index >= 15 is 0 Å². The minimum absolute atomic E-state index is 0.106. The predicted octanol–water partition coefficient (Wildman–Crippen LogP) is 4.29. The maximum Gasteiger partial charge on any atom is 0.145 e. The van der Waals surface area contributed by atoms with E-state index in [2.05, 4.69) is 33.1 Å². The van der Waals surface area contributed by atoms with E-state index < -0.39 is 0 Å². The fourth-order valence-electron chi connectivity index (χ4n) is 3.87. The monoisotopic (exact) mass is 400 g/mol. The van der Waals surface area contributed by atoms with Crippen LogP contribution in [-0.2, 0) is 0 Å². The highest BCUT2D eigenvalue weighted by molar-refractivity contribution is 5.95. The lowest BCUT2D eigenvalue weighted by Gasteiger charge is -2.30. The van der Waals surface area contributed by atoms with Crippen molar-refractivity contribution in [3.63, 3.8) is 0 Å². The summed E-state index contributed by atoms with van der Waals surface area (Å²) in [6, 6.07) is 16.7. The summed E-state index contributed by atoms with van der Waals surface area (Å²) in [6.07, 6.45) is 4.28. The van der Waals surface area contributed by atoms with Gasteiger partial charge >= 0.3 is 0 Å². The molecule has 0 spiro atoms. The van der Waals surface area contributed by atoms with Crippen LogP contribution in [-0.4, -0.2) is 30.4 Å². The van der Waals surface area contributed by atoms with Crippen molar-refractivity contribution in [3.05, 3.63) is 48.0 Å². The lowest BCUT2D eigenvalue weighted by Crippen LogP contribution is -2.21. The zero-order valence-corrected chi connectivity index (χ0v) is 16.9. The molecule has 1 saturated carbocycles. The molecule has 7 nitrogen and oxygen atoms in total. The Bertz CT molecular complexity index is 1150. The standard InChI is InChI=1S/C23H24N6O/c1-27-16-7-5-15(6-8-16)23-20(12-24)19-10-9-18(30-13-22(26)28-14-25)11-21(19)29(23)17-3-2-4-17/h5-11,14,17,27H,2-4,13H2,1H3,(H3,25,26,28). The second-order valence-corrected chi connectivity index (χ2v) is 7.33. The predicted molar refractivity (Wildman–Crippen MR) is 120 cm³/mol. The van der Waals surface area contributed by atoms with Gasteiger partial charge in [-0.2, -0.15) is 5.26 Å². The summed E-state index contributed by atoms with van der Waals surface area (Å²) in [4.78, 5) is 3.71. The van der Waals surface area contributed by atoms with Crippen LogP contribution in [0.25, 0.3) is 22.2 Å². The van der Waals surface area contributed by atoms with E-state index in [4.69, 9.17) is 15.9 Å². The van der Waals surface area contributed by atoms with Crippen molar-refractivity contribution in [1.29, 1.82) is 10.7 Å². The second-order valence-electron chi connectivity index (χ2n) is 7.33. The third-order valence-corrected chi connectivity index (χ3v) is 5.59. The van der Waals surface area contributed by atoms with E-state index in [1.54, 1.807) is 0 Å². The summed E-state index contributed by atoms with van der Waals surface area (Å²) in [5, 5.41) is 21.1. The first-order chi connectivity index (χ1) is 14.7. The molecule has 0 radical (unpaired) electrons. The first-order valence-electron chi connectivity index (χ1n) is 9.96. The van der Waals surface area contributed by atoms with Crippen LogP contribution in [0.3, 0.4) is 0 Å². The highest BCUT2D eigenvalue weighted by atomic mass is 16.5. The molecule has 1 aromatic heterocycles. The Morgan fingerprint density at radius 2 is 2.10 bits per heavy atom. The zero-order valence-electron chi connectivity index (χ0n) is 16.9. The highest BCUT2D eigenvalue weighted by Gasteiger charge is 2.28. The van der Waals surface area contributed by atoms with Crippen molar-refractivity contribution in [1.82, 2.24) is 4.57 Å². The Labute approximate surface area is 175 Å². The molecule has 1 fully saturated rings. The number of nitriles is 1. The molecule has 1 aliphatic rings. The maximum absolute atomic E-state index is 10.0. The smallest absolute Gasteiger partial charge is 0.145 e. The quantitative estimate of drug-likeness (QED) is 0.406. The molecule has 30 heavy (non-hydrogen) atoms. The summed E-state index contributed by atoms with van der Waals surface area (Å²) in [5.74, 6) is 0.896. The third kappa shape index (κ3) is 3.48. The molecule has 1 aliphatic carbocycles. The van der Waals surface area contributed by atoms with E-state index in [-0.39, 0.29) is 12.4 Å². The van der Waals surface area contributed by atoms with Crippen LogP contribution in [0.2, 0.25) is 0 Å². The molecular weight excluding hydrogens is 376 g/mol. The van der Waals surface area contributed by atoms with Crippen LogP contribution in [0.4, 0.5) is 5.69 Å². The number of hydrogen-bond donors (Lipinski definition) is 3. The first kappa shape index (κ1) is 19.5. The number of fused-ring (bicyclic) bond motifs is 1. The molecule has 1 heterocycles.